The lowest BCUT2D eigenvalue weighted by Crippen LogP contribution is -2.25. The highest BCUT2D eigenvalue weighted by Crippen LogP contribution is 1.84. The standard InChI is InChI=1S/C11H14.C2H6.2CH4/c1-4-6-11-9(2)7-5-8-10(11)3;1-2;;/h5-8H,2,4H2,1,3H3;1-2H3;2*1H4/b11-6+;;;. The second-order valence-corrected chi connectivity index (χ2v) is 2.76. The van der Waals surface area contributed by atoms with Gasteiger partial charge in [0.05, 0.1) is 0 Å². The molecule has 0 aliphatic heterocycles. The van der Waals surface area contributed by atoms with Gasteiger partial charge in [-0.1, -0.05) is 66.5 Å². The zero-order chi connectivity index (χ0) is 10.3. The first-order valence-electron chi connectivity index (χ1n) is 5.00. The molecule has 0 aliphatic carbocycles. The van der Waals surface area contributed by atoms with E-state index in [4.69, 9.17) is 0 Å². The molecule has 0 heteroatoms. The van der Waals surface area contributed by atoms with Crippen molar-refractivity contribution in [3.8, 4) is 0 Å². The molecule has 0 radical (unpaired) electrons. The molecule has 0 fully saturated rings. The minimum Gasteiger partial charge on any atom is -0.0912 e. The smallest absolute Gasteiger partial charge is 0.0201 e. The molecule has 1 rings (SSSR count). The Bertz CT molecular complexity index is 334. The summed E-state index contributed by atoms with van der Waals surface area (Å²) in [5.41, 5.74) is 1.32. The molecule has 0 nitrogen and oxygen atoms in total. The zero-order valence-electron chi connectivity index (χ0n) is 9.22. The van der Waals surface area contributed by atoms with E-state index in [1.54, 1.807) is 0 Å². The SMILES string of the molecule is C.C.C=c1cccc(C)/c1=C/CC.CC. The minimum atomic E-state index is 0. The molecule has 0 unspecified atom stereocenters. The van der Waals surface area contributed by atoms with Crippen molar-refractivity contribution in [2.45, 2.75) is 49.0 Å². The molecule has 0 saturated heterocycles. The van der Waals surface area contributed by atoms with Gasteiger partial charge in [0.15, 0.2) is 0 Å². The topological polar surface area (TPSA) is 0 Å². The first-order valence-corrected chi connectivity index (χ1v) is 5.00. The average molecular weight is 208 g/mol. The molecular weight excluding hydrogens is 180 g/mol. The van der Waals surface area contributed by atoms with E-state index in [2.05, 4.69) is 38.6 Å². The lowest BCUT2D eigenvalue weighted by atomic mass is 10.1. The van der Waals surface area contributed by atoms with Crippen LogP contribution in [-0.4, -0.2) is 0 Å². The van der Waals surface area contributed by atoms with Crippen molar-refractivity contribution in [1.82, 2.24) is 0 Å². The molecule has 1 aromatic carbocycles. The summed E-state index contributed by atoms with van der Waals surface area (Å²) in [6.45, 7) is 12.2. The molecule has 0 atom stereocenters. The molecule has 1 aromatic rings. The summed E-state index contributed by atoms with van der Waals surface area (Å²) in [6.07, 6.45) is 3.30. The quantitative estimate of drug-likeness (QED) is 0.657. The molecule has 15 heavy (non-hydrogen) atoms. The zero-order valence-corrected chi connectivity index (χ0v) is 9.22. The maximum absolute atomic E-state index is 3.97. The summed E-state index contributed by atoms with van der Waals surface area (Å²) in [6, 6.07) is 6.22. The van der Waals surface area contributed by atoms with Gasteiger partial charge in [-0.05, 0) is 29.3 Å². The number of rotatable bonds is 1. The van der Waals surface area contributed by atoms with Crippen molar-refractivity contribution in [2.24, 2.45) is 0 Å². The first kappa shape index (κ1) is 19.5. The summed E-state index contributed by atoms with van der Waals surface area (Å²) in [5.74, 6) is 0. The fourth-order valence-corrected chi connectivity index (χ4v) is 1.24. The molecule has 0 spiro atoms. The molecule has 0 amide bonds. The van der Waals surface area contributed by atoms with Gasteiger partial charge in [0.1, 0.15) is 0 Å². The molecule has 0 heterocycles. The summed E-state index contributed by atoms with van der Waals surface area (Å²) in [7, 11) is 0. The van der Waals surface area contributed by atoms with E-state index in [9.17, 15) is 0 Å². The maximum Gasteiger partial charge on any atom is -0.0201 e. The number of benzene rings is 1. The Morgan fingerprint density at radius 1 is 1.20 bits per heavy atom. The van der Waals surface area contributed by atoms with Gasteiger partial charge in [-0.15, -0.1) is 0 Å². The van der Waals surface area contributed by atoms with Crippen LogP contribution in [0.2, 0.25) is 0 Å². The summed E-state index contributed by atoms with van der Waals surface area (Å²) < 4.78 is 0. The van der Waals surface area contributed by atoms with E-state index >= 15 is 0 Å². The second-order valence-electron chi connectivity index (χ2n) is 2.76. The molecule has 0 saturated carbocycles. The van der Waals surface area contributed by atoms with Crippen molar-refractivity contribution in [3.63, 3.8) is 0 Å². The first-order chi connectivity index (χ1) is 6.25. The van der Waals surface area contributed by atoms with E-state index in [-0.39, 0.29) is 14.9 Å². The van der Waals surface area contributed by atoms with Crippen molar-refractivity contribution in [1.29, 1.82) is 0 Å². The highest BCUT2D eigenvalue weighted by Gasteiger charge is 1.85. The van der Waals surface area contributed by atoms with Crippen LogP contribution in [0, 0.1) is 6.92 Å². The molecular formula is C15H28. The van der Waals surface area contributed by atoms with Crippen LogP contribution in [-0.2, 0) is 0 Å². The van der Waals surface area contributed by atoms with E-state index in [1.807, 2.05) is 19.9 Å². The van der Waals surface area contributed by atoms with E-state index in [0.29, 0.717) is 0 Å². The van der Waals surface area contributed by atoms with Gasteiger partial charge in [-0.2, -0.15) is 0 Å². The lowest BCUT2D eigenvalue weighted by Gasteiger charge is -1.93. The van der Waals surface area contributed by atoms with E-state index in [0.717, 1.165) is 11.6 Å². The summed E-state index contributed by atoms with van der Waals surface area (Å²) >= 11 is 0. The average Bonchev–Trinajstić information content (AvgIpc) is 2.15. The predicted octanol–water partition coefficient (Wildman–Crippen LogP) is 3.89. The minimum absolute atomic E-state index is 0. The van der Waals surface area contributed by atoms with Gasteiger partial charge in [0.2, 0.25) is 0 Å². The van der Waals surface area contributed by atoms with Gasteiger partial charge < -0.3 is 0 Å². The van der Waals surface area contributed by atoms with Crippen LogP contribution in [0.4, 0.5) is 0 Å². The monoisotopic (exact) mass is 208 g/mol. The largest absolute Gasteiger partial charge is 0.0912 e. The Morgan fingerprint density at radius 2 is 1.73 bits per heavy atom. The van der Waals surface area contributed by atoms with Crippen LogP contribution in [0.15, 0.2) is 18.2 Å². The third-order valence-corrected chi connectivity index (χ3v) is 1.82. The molecule has 0 aliphatic rings. The van der Waals surface area contributed by atoms with Crippen LogP contribution >= 0.6 is 0 Å². The highest BCUT2D eigenvalue weighted by molar-refractivity contribution is 5.31. The van der Waals surface area contributed by atoms with Crippen molar-refractivity contribution < 1.29 is 0 Å². The van der Waals surface area contributed by atoms with Crippen LogP contribution < -0.4 is 10.4 Å². The molecule has 88 valence electrons. The molecule has 0 aromatic heterocycles. The lowest BCUT2D eigenvalue weighted by molar-refractivity contribution is 1.26. The van der Waals surface area contributed by atoms with Crippen molar-refractivity contribution in [3.05, 3.63) is 34.2 Å². The second kappa shape index (κ2) is 11.0. The third kappa shape index (κ3) is 6.11. The fraction of sp³-hybridized carbons (Fsp3) is 0.467. The van der Waals surface area contributed by atoms with Gasteiger partial charge >= 0.3 is 0 Å². The third-order valence-electron chi connectivity index (χ3n) is 1.82. The van der Waals surface area contributed by atoms with E-state index in [1.165, 1.54) is 10.8 Å². The Labute approximate surface area is 96.4 Å². The Hall–Kier alpha value is -1.04. The number of hydrogen-bond donors (Lipinski definition) is 0. The van der Waals surface area contributed by atoms with Gasteiger partial charge in [0, 0.05) is 0 Å². The summed E-state index contributed by atoms with van der Waals surface area (Å²) in [5, 5.41) is 2.43. The summed E-state index contributed by atoms with van der Waals surface area (Å²) in [4.78, 5) is 0. The Kier molecular flexibility index (Phi) is 14.4. The van der Waals surface area contributed by atoms with Crippen LogP contribution in [0.5, 0.6) is 0 Å². The fourth-order valence-electron chi connectivity index (χ4n) is 1.24. The van der Waals surface area contributed by atoms with Crippen LogP contribution in [0.25, 0.3) is 12.7 Å². The number of hydrogen-bond acceptors (Lipinski definition) is 0. The van der Waals surface area contributed by atoms with Gasteiger partial charge in [-0.3, -0.25) is 0 Å². The normalized spacial score (nSPS) is 9.20. The van der Waals surface area contributed by atoms with E-state index < -0.39 is 0 Å². The van der Waals surface area contributed by atoms with Crippen LogP contribution in [0.3, 0.4) is 0 Å². The molecule has 0 N–H and O–H groups in total. The number of aryl methyl sites for hydroxylation is 1. The molecule has 0 bridgehead atoms. The Balaban J connectivity index is -0.000000339. The maximum atomic E-state index is 3.97. The van der Waals surface area contributed by atoms with Gasteiger partial charge in [0.25, 0.3) is 0 Å². The highest BCUT2D eigenvalue weighted by atomic mass is 13.9. The van der Waals surface area contributed by atoms with Gasteiger partial charge in [-0.25, -0.2) is 0 Å². The Morgan fingerprint density at radius 3 is 2.13 bits per heavy atom. The predicted molar refractivity (Wildman–Crippen MR) is 75.5 cm³/mol. The van der Waals surface area contributed by atoms with Crippen molar-refractivity contribution in [2.75, 3.05) is 0 Å². The van der Waals surface area contributed by atoms with Crippen LogP contribution in [0.1, 0.15) is 47.6 Å². The van der Waals surface area contributed by atoms with Crippen molar-refractivity contribution >= 4 is 12.7 Å².